The SMILES string of the molecule is COc1cccc(NC(=S)Nc2ccc(N3CCCCC3)cc2)c1. The molecule has 2 aromatic carbocycles. The van der Waals surface area contributed by atoms with Crippen LogP contribution in [-0.4, -0.2) is 25.3 Å². The highest BCUT2D eigenvalue weighted by molar-refractivity contribution is 7.80. The lowest BCUT2D eigenvalue weighted by Crippen LogP contribution is -2.29. The summed E-state index contributed by atoms with van der Waals surface area (Å²) in [6, 6.07) is 16.2. The minimum Gasteiger partial charge on any atom is -0.497 e. The lowest BCUT2D eigenvalue weighted by molar-refractivity contribution is 0.415. The number of rotatable bonds is 4. The minimum atomic E-state index is 0.564. The highest BCUT2D eigenvalue weighted by Gasteiger charge is 2.10. The molecule has 126 valence electrons. The third kappa shape index (κ3) is 4.38. The molecule has 0 unspecified atom stereocenters. The number of methoxy groups -OCH3 is 1. The Bertz CT molecular complexity index is 681. The first-order chi connectivity index (χ1) is 11.7. The van der Waals surface area contributed by atoms with Gasteiger partial charge in [0.25, 0.3) is 0 Å². The van der Waals surface area contributed by atoms with Crippen molar-refractivity contribution in [2.75, 3.05) is 35.7 Å². The van der Waals surface area contributed by atoms with Crippen LogP contribution >= 0.6 is 12.2 Å². The quantitative estimate of drug-likeness (QED) is 0.801. The molecule has 2 N–H and O–H groups in total. The smallest absolute Gasteiger partial charge is 0.175 e. The first-order valence-corrected chi connectivity index (χ1v) is 8.72. The van der Waals surface area contributed by atoms with Crippen LogP contribution in [0, 0.1) is 0 Å². The van der Waals surface area contributed by atoms with E-state index >= 15 is 0 Å². The van der Waals surface area contributed by atoms with Crippen molar-refractivity contribution in [1.29, 1.82) is 0 Å². The molecule has 0 aliphatic carbocycles. The summed E-state index contributed by atoms with van der Waals surface area (Å²) >= 11 is 5.38. The van der Waals surface area contributed by atoms with Crippen molar-refractivity contribution < 1.29 is 4.74 Å². The molecule has 4 nitrogen and oxygen atoms in total. The second-order valence-electron chi connectivity index (χ2n) is 5.91. The average molecular weight is 341 g/mol. The summed E-state index contributed by atoms with van der Waals surface area (Å²) in [7, 11) is 1.65. The molecule has 24 heavy (non-hydrogen) atoms. The van der Waals surface area contributed by atoms with E-state index in [0.29, 0.717) is 5.11 Å². The Labute approximate surface area is 148 Å². The first-order valence-electron chi connectivity index (χ1n) is 8.32. The van der Waals surface area contributed by atoms with Crippen molar-refractivity contribution in [3.05, 3.63) is 48.5 Å². The molecule has 0 bridgehead atoms. The molecule has 3 rings (SSSR count). The van der Waals surface area contributed by atoms with Gasteiger partial charge < -0.3 is 20.3 Å². The Balaban J connectivity index is 1.57. The summed E-state index contributed by atoms with van der Waals surface area (Å²) in [4.78, 5) is 2.44. The molecule has 0 atom stereocenters. The number of nitrogens with one attached hydrogen (secondary N) is 2. The van der Waals surface area contributed by atoms with Gasteiger partial charge in [-0.3, -0.25) is 0 Å². The van der Waals surface area contributed by atoms with Crippen LogP contribution in [0.3, 0.4) is 0 Å². The van der Waals surface area contributed by atoms with Gasteiger partial charge in [-0.2, -0.15) is 0 Å². The summed E-state index contributed by atoms with van der Waals surface area (Å²) in [5, 5.41) is 6.96. The molecule has 0 radical (unpaired) electrons. The van der Waals surface area contributed by atoms with Crippen molar-refractivity contribution in [2.24, 2.45) is 0 Å². The zero-order valence-corrected chi connectivity index (χ0v) is 14.7. The van der Waals surface area contributed by atoms with E-state index in [9.17, 15) is 0 Å². The maximum absolute atomic E-state index is 5.38. The van der Waals surface area contributed by atoms with Gasteiger partial charge in [0.2, 0.25) is 0 Å². The molecule has 0 saturated carbocycles. The van der Waals surface area contributed by atoms with Crippen LogP contribution in [0.4, 0.5) is 17.1 Å². The third-order valence-corrected chi connectivity index (χ3v) is 4.38. The molecule has 5 heteroatoms. The van der Waals surface area contributed by atoms with Crippen molar-refractivity contribution in [3.63, 3.8) is 0 Å². The number of ether oxygens (including phenoxy) is 1. The number of piperidine rings is 1. The zero-order chi connectivity index (χ0) is 16.8. The monoisotopic (exact) mass is 341 g/mol. The predicted octanol–water partition coefficient (Wildman–Crippen LogP) is 4.49. The summed E-state index contributed by atoms with van der Waals surface area (Å²) in [5.41, 5.74) is 3.17. The van der Waals surface area contributed by atoms with Gasteiger partial charge in [-0.15, -0.1) is 0 Å². The number of anilines is 3. The Morgan fingerprint density at radius 2 is 1.67 bits per heavy atom. The number of benzene rings is 2. The first kappa shape index (κ1) is 16.6. The van der Waals surface area contributed by atoms with Crippen molar-refractivity contribution >= 4 is 34.4 Å². The molecule has 1 fully saturated rings. The highest BCUT2D eigenvalue weighted by atomic mass is 32.1. The van der Waals surface area contributed by atoms with Crippen LogP contribution < -0.4 is 20.3 Å². The third-order valence-electron chi connectivity index (χ3n) is 4.17. The maximum Gasteiger partial charge on any atom is 0.175 e. The van der Waals surface area contributed by atoms with E-state index in [2.05, 4.69) is 39.8 Å². The van der Waals surface area contributed by atoms with E-state index < -0.39 is 0 Å². The summed E-state index contributed by atoms with van der Waals surface area (Å²) in [6.07, 6.45) is 3.92. The summed E-state index contributed by atoms with van der Waals surface area (Å²) < 4.78 is 5.22. The fourth-order valence-electron chi connectivity index (χ4n) is 2.90. The van der Waals surface area contributed by atoms with E-state index in [4.69, 9.17) is 17.0 Å². The molecule has 1 aliphatic heterocycles. The lowest BCUT2D eigenvalue weighted by Gasteiger charge is -2.28. The fourth-order valence-corrected chi connectivity index (χ4v) is 3.14. The van der Waals surface area contributed by atoms with Crippen LogP contribution in [0.15, 0.2) is 48.5 Å². The van der Waals surface area contributed by atoms with Gasteiger partial charge in [-0.25, -0.2) is 0 Å². The van der Waals surface area contributed by atoms with Gasteiger partial charge in [0.1, 0.15) is 5.75 Å². The van der Waals surface area contributed by atoms with Crippen LogP contribution in [0.2, 0.25) is 0 Å². The Hall–Kier alpha value is -2.27. The Morgan fingerprint density at radius 1 is 0.958 bits per heavy atom. The average Bonchev–Trinajstić information content (AvgIpc) is 2.63. The molecule has 2 aromatic rings. The number of hydrogen-bond acceptors (Lipinski definition) is 3. The van der Waals surface area contributed by atoms with Crippen LogP contribution in [0.5, 0.6) is 5.75 Å². The van der Waals surface area contributed by atoms with Crippen LogP contribution in [0.25, 0.3) is 0 Å². The summed E-state index contributed by atoms with van der Waals surface area (Å²) in [6.45, 7) is 2.31. The van der Waals surface area contributed by atoms with Gasteiger partial charge in [0.15, 0.2) is 5.11 Å². The second-order valence-corrected chi connectivity index (χ2v) is 6.31. The minimum absolute atomic E-state index is 0.564. The van der Waals surface area contributed by atoms with Crippen molar-refractivity contribution in [2.45, 2.75) is 19.3 Å². The number of hydrogen-bond donors (Lipinski definition) is 2. The van der Waals surface area contributed by atoms with E-state index in [0.717, 1.165) is 30.2 Å². The van der Waals surface area contributed by atoms with Gasteiger partial charge in [0, 0.05) is 36.2 Å². The maximum atomic E-state index is 5.38. The van der Waals surface area contributed by atoms with Gasteiger partial charge >= 0.3 is 0 Å². The van der Waals surface area contributed by atoms with E-state index in [1.165, 1.54) is 24.9 Å². The van der Waals surface area contributed by atoms with Crippen molar-refractivity contribution in [1.82, 2.24) is 0 Å². The van der Waals surface area contributed by atoms with Gasteiger partial charge in [-0.05, 0) is 67.9 Å². The topological polar surface area (TPSA) is 36.5 Å². The fraction of sp³-hybridized carbons (Fsp3) is 0.316. The van der Waals surface area contributed by atoms with E-state index in [-0.39, 0.29) is 0 Å². The molecule has 0 aromatic heterocycles. The lowest BCUT2D eigenvalue weighted by atomic mass is 10.1. The predicted molar refractivity (Wildman–Crippen MR) is 105 cm³/mol. The van der Waals surface area contributed by atoms with Crippen molar-refractivity contribution in [3.8, 4) is 5.75 Å². The van der Waals surface area contributed by atoms with E-state index in [1.54, 1.807) is 7.11 Å². The molecule has 1 aliphatic rings. The van der Waals surface area contributed by atoms with Gasteiger partial charge in [-0.1, -0.05) is 6.07 Å². The molecular formula is C19H23N3OS. The molecule has 1 saturated heterocycles. The normalized spacial score (nSPS) is 14.1. The number of nitrogens with zero attached hydrogens (tertiary/aromatic N) is 1. The second kappa shape index (κ2) is 8.02. The molecule has 0 amide bonds. The van der Waals surface area contributed by atoms with Crippen LogP contribution in [0.1, 0.15) is 19.3 Å². The molecular weight excluding hydrogens is 318 g/mol. The largest absolute Gasteiger partial charge is 0.497 e. The molecule has 0 spiro atoms. The standard InChI is InChI=1S/C19H23N3OS/c1-23-18-7-5-6-16(14-18)21-19(24)20-15-8-10-17(11-9-15)22-12-3-2-4-13-22/h5-11,14H,2-4,12-13H2,1H3,(H2,20,21,24). The van der Waals surface area contributed by atoms with Gasteiger partial charge in [0.05, 0.1) is 7.11 Å². The number of thiocarbonyl (C=S) groups is 1. The Morgan fingerprint density at radius 3 is 2.38 bits per heavy atom. The zero-order valence-electron chi connectivity index (χ0n) is 13.9. The van der Waals surface area contributed by atoms with E-state index in [1.807, 2.05) is 24.3 Å². The highest BCUT2D eigenvalue weighted by Crippen LogP contribution is 2.22. The van der Waals surface area contributed by atoms with Crippen LogP contribution in [-0.2, 0) is 0 Å². The summed E-state index contributed by atoms with van der Waals surface area (Å²) in [5.74, 6) is 0.800. The Kier molecular flexibility index (Phi) is 5.54. The molecule has 1 heterocycles.